The van der Waals surface area contributed by atoms with Crippen molar-refractivity contribution in [1.82, 2.24) is 0 Å². The Morgan fingerprint density at radius 3 is 2.63 bits per heavy atom. The number of rotatable bonds is 5. The van der Waals surface area contributed by atoms with Gasteiger partial charge in [-0.05, 0) is 31.5 Å². The summed E-state index contributed by atoms with van der Waals surface area (Å²) >= 11 is 0. The predicted molar refractivity (Wildman–Crippen MR) is 69.1 cm³/mol. The summed E-state index contributed by atoms with van der Waals surface area (Å²) in [5.41, 5.74) is -0.182. The Kier molecular flexibility index (Phi) is 5.02. The lowest BCUT2D eigenvalue weighted by molar-refractivity contribution is -0.116. The van der Waals surface area contributed by atoms with Gasteiger partial charge in [-0.1, -0.05) is 0 Å². The van der Waals surface area contributed by atoms with Crippen LogP contribution in [-0.2, 0) is 14.6 Å². The van der Waals surface area contributed by atoms with Crippen LogP contribution < -0.4 is 5.32 Å². The number of aliphatic hydroxyl groups excluding tert-OH is 1. The number of hydrogen-bond acceptors (Lipinski definition) is 4. The summed E-state index contributed by atoms with van der Waals surface area (Å²) in [5.74, 6) is -1.19. The number of carbonyl (C=O) groups excluding carboxylic acids is 1. The summed E-state index contributed by atoms with van der Waals surface area (Å²) in [7, 11) is -3.46. The molecule has 1 rings (SSSR count). The van der Waals surface area contributed by atoms with Gasteiger partial charge in [-0.15, -0.1) is 0 Å². The molecular formula is C12H16FNO4S. The summed E-state index contributed by atoms with van der Waals surface area (Å²) in [5, 5.41) is 11.3. The number of nitrogens with one attached hydrogen (secondary N) is 1. The van der Waals surface area contributed by atoms with Gasteiger partial charge in [-0.2, -0.15) is 0 Å². The summed E-state index contributed by atoms with van der Waals surface area (Å²) in [6.07, 6.45) is 0.650. The zero-order valence-electron chi connectivity index (χ0n) is 10.7. The molecule has 19 heavy (non-hydrogen) atoms. The van der Waals surface area contributed by atoms with E-state index < -0.39 is 27.7 Å². The molecule has 7 heteroatoms. The fourth-order valence-corrected chi connectivity index (χ4v) is 2.03. The highest BCUT2D eigenvalue weighted by Gasteiger charge is 2.13. The molecule has 1 amide bonds. The number of sulfone groups is 1. The van der Waals surface area contributed by atoms with Crippen LogP contribution in [0.25, 0.3) is 0 Å². The molecule has 1 aromatic rings. The molecule has 0 aliphatic carbocycles. The third-order valence-electron chi connectivity index (χ3n) is 2.43. The van der Waals surface area contributed by atoms with Gasteiger partial charge in [0.1, 0.15) is 5.82 Å². The van der Waals surface area contributed by atoms with Crippen molar-refractivity contribution in [3.8, 4) is 0 Å². The predicted octanol–water partition coefficient (Wildman–Crippen LogP) is 1.33. The standard InChI is InChI=1S/C12H16FNO4S/c1-8(15)3-6-12(16)14-11-7-9(19(2,17)18)4-5-10(11)13/h4-5,7-8,15H,3,6H2,1-2H3,(H,14,16). The Hall–Kier alpha value is -1.47. The van der Waals surface area contributed by atoms with Crippen molar-refractivity contribution in [1.29, 1.82) is 0 Å². The minimum Gasteiger partial charge on any atom is -0.393 e. The second-order valence-electron chi connectivity index (χ2n) is 4.35. The summed E-state index contributed by atoms with van der Waals surface area (Å²) in [6.45, 7) is 1.54. The van der Waals surface area contributed by atoms with E-state index in [0.29, 0.717) is 0 Å². The average Bonchev–Trinajstić information content (AvgIpc) is 2.28. The van der Waals surface area contributed by atoms with Gasteiger partial charge < -0.3 is 10.4 Å². The second kappa shape index (κ2) is 6.12. The first-order valence-electron chi connectivity index (χ1n) is 5.67. The van der Waals surface area contributed by atoms with Crippen molar-refractivity contribution < 1.29 is 22.7 Å². The lowest BCUT2D eigenvalue weighted by Crippen LogP contribution is -2.15. The zero-order chi connectivity index (χ0) is 14.6. The van der Waals surface area contributed by atoms with Crippen LogP contribution >= 0.6 is 0 Å². The minimum atomic E-state index is -3.46. The molecule has 0 aromatic heterocycles. The minimum absolute atomic E-state index is 0.0280. The second-order valence-corrected chi connectivity index (χ2v) is 6.37. The van der Waals surface area contributed by atoms with Crippen LogP contribution in [0.1, 0.15) is 19.8 Å². The van der Waals surface area contributed by atoms with Gasteiger partial charge in [0.05, 0.1) is 16.7 Å². The van der Waals surface area contributed by atoms with Crippen molar-refractivity contribution >= 4 is 21.4 Å². The smallest absolute Gasteiger partial charge is 0.224 e. The van der Waals surface area contributed by atoms with Crippen LogP contribution in [0.3, 0.4) is 0 Å². The SMILES string of the molecule is CC(O)CCC(=O)Nc1cc(S(C)(=O)=O)ccc1F. The molecule has 0 spiro atoms. The molecule has 1 aromatic carbocycles. The van der Waals surface area contributed by atoms with Gasteiger partial charge in [0.15, 0.2) is 9.84 Å². The summed E-state index contributed by atoms with van der Waals surface area (Å²) in [6, 6.07) is 3.20. The molecule has 5 nitrogen and oxygen atoms in total. The molecule has 0 radical (unpaired) electrons. The number of aliphatic hydroxyl groups is 1. The number of carbonyl (C=O) groups is 1. The number of halogens is 1. The van der Waals surface area contributed by atoms with Gasteiger partial charge in [0, 0.05) is 12.7 Å². The first-order valence-corrected chi connectivity index (χ1v) is 7.57. The molecule has 0 aliphatic rings. The quantitative estimate of drug-likeness (QED) is 0.801. The number of benzene rings is 1. The van der Waals surface area contributed by atoms with Crippen LogP contribution in [0.4, 0.5) is 10.1 Å². The Balaban J connectivity index is 2.86. The Labute approximate surface area is 111 Å². The van der Waals surface area contributed by atoms with Crippen molar-refractivity contribution in [3.63, 3.8) is 0 Å². The maximum absolute atomic E-state index is 13.5. The fourth-order valence-electron chi connectivity index (χ4n) is 1.38. The van der Waals surface area contributed by atoms with E-state index in [9.17, 15) is 17.6 Å². The Morgan fingerprint density at radius 1 is 1.47 bits per heavy atom. The molecule has 2 N–H and O–H groups in total. The number of hydrogen-bond donors (Lipinski definition) is 2. The van der Waals surface area contributed by atoms with Crippen LogP contribution in [0.15, 0.2) is 23.1 Å². The largest absolute Gasteiger partial charge is 0.393 e. The van der Waals surface area contributed by atoms with Gasteiger partial charge in [-0.25, -0.2) is 12.8 Å². The molecule has 106 valence electrons. The highest BCUT2D eigenvalue weighted by Crippen LogP contribution is 2.19. The zero-order valence-corrected chi connectivity index (χ0v) is 11.5. The maximum atomic E-state index is 13.5. The Morgan fingerprint density at radius 2 is 2.11 bits per heavy atom. The van der Waals surface area contributed by atoms with Gasteiger partial charge in [-0.3, -0.25) is 4.79 Å². The van der Waals surface area contributed by atoms with E-state index in [1.807, 2.05) is 0 Å². The maximum Gasteiger partial charge on any atom is 0.224 e. The summed E-state index contributed by atoms with van der Waals surface area (Å²) < 4.78 is 36.1. The lowest BCUT2D eigenvalue weighted by atomic mass is 10.2. The van der Waals surface area contributed by atoms with E-state index in [1.54, 1.807) is 0 Å². The topological polar surface area (TPSA) is 83.5 Å². The van der Waals surface area contributed by atoms with Crippen molar-refractivity contribution in [2.24, 2.45) is 0 Å². The van der Waals surface area contributed by atoms with Gasteiger partial charge in [0.2, 0.25) is 5.91 Å². The van der Waals surface area contributed by atoms with Crippen molar-refractivity contribution in [2.75, 3.05) is 11.6 Å². The average molecular weight is 289 g/mol. The first-order chi connectivity index (χ1) is 8.70. The number of amides is 1. The van der Waals surface area contributed by atoms with Crippen molar-refractivity contribution in [3.05, 3.63) is 24.0 Å². The molecule has 1 unspecified atom stereocenters. The van der Waals surface area contributed by atoms with Crippen LogP contribution in [-0.4, -0.2) is 31.8 Å². The normalized spacial score (nSPS) is 13.1. The molecule has 0 heterocycles. The van der Waals surface area contributed by atoms with Crippen LogP contribution in [0.2, 0.25) is 0 Å². The summed E-state index contributed by atoms with van der Waals surface area (Å²) in [4.78, 5) is 11.4. The third-order valence-corrected chi connectivity index (χ3v) is 3.54. The highest BCUT2D eigenvalue weighted by molar-refractivity contribution is 7.90. The molecular weight excluding hydrogens is 273 g/mol. The highest BCUT2D eigenvalue weighted by atomic mass is 32.2. The monoisotopic (exact) mass is 289 g/mol. The van der Waals surface area contributed by atoms with E-state index in [-0.39, 0.29) is 23.4 Å². The molecule has 0 saturated heterocycles. The molecule has 1 atom stereocenters. The van der Waals surface area contributed by atoms with Gasteiger partial charge >= 0.3 is 0 Å². The van der Waals surface area contributed by atoms with E-state index in [0.717, 1.165) is 24.5 Å². The fraction of sp³-hybridized carbons (Fsp3) is 0.417. The molecule has 0 saturated carbocycles. The Bertz CT molecular complexity index is 569. The van der Waals surface area contributed by atoms with E-state index >= 15 is 0 Å². The van der Waals surface area contributed by atoms with Crippen LogP contribution in [0.5, 0.6) is 0 Å². The molecule has 0 aliphatic heterocycles. The van der Waals surface area contributed by atoms with Crippen molar-refractivity contribution in [2.45, 2.75) is 30.8 Å². The van der Waals surface area contributed by atoms with Gasteiger partial charge in [0.25, 0.3) is 0 Å². The van der Waals surface area contributed by atoms with E-state index in [2.05, 4.69) is 5.32 Å². The lowest BCUT2D eigenvalue weighted by Gasteiger charge is -2.09. The first kappa shape index (κ1) is 15.6. The van der Waals surface area contributed by atoms with Crippen LogP contribution in [0, 0.1) is 5.82 Å². The van der Waals surface area contributed by atoms with E-state index in [1.165, 1.54) is 6.92 Å². The third kappa shape index (κ3) is 4.96. The number of anilines is 1. The van der Waals surface area contributed by atoms with E-state index in [4.69, 9.17) is 5.11 Å². The molecule has 0 bridgehead atoms. The molecule has 0 fully saturated rings.